The highest BCUT2D eigenvalue weighted by Gasteiger charge is 2.31. The molecule has 0 aromatic heterocycles. The third kappa shape index (κ3) is 1.99. The molecule has 1 atom stereocenters. The molecule has 4 heteroatoms. The van der Waals surface area contributed by atoms with Crippen LogP contribution in [0.25, 0.3) is 0 Å². The van der Waals surface area contributed by atoms with Crippen molar-refractivity contribution in [1.82, 2.24) is 5.32 Å². The molecule has 0 saturated carbocycles. The average Bonchev–Trinajstić information content (AvgIpc) is 2.92. The van der Waals surface area contributed by atoms with Gasteiger partial charge in [-0.05, 0) is 55.0 Å². The van der Waals surface area contributed by atoms with Crippen LogP contribution in [0.15, 0.2) is 12.1 Å². The minimum absolute atomic E-state index is 0.355. The first-order valence-corrected chi connectivity index (χ1v) is 7.15. The molecule has 0 radical (unpaired) electrons. The molecule has 1 saturated heterocycles. The smallest absolute Gasteiger partial charge is 0.231 e. The minimum Gasteiger partial charge on any atom is -0.454 e. The second-order valence-electron chi connectivity index (χ2n) is 5.54. The second kappa shape index (κ2) is 4.69. The van der Waals surface area contributed by atoms with E-state index in [1.807, 2.05) is 0 Å². The van der Waals surface area contributed by atoms with Gasteiger partial charge in [-0.2, -0.15) is 0 Å². The van der Waals surface area contributed by atoms with Gasteiger partial charge in [-0.15, -0.1) is 0 Å². The van der Waals surface area contributed by atoms with Crippen LogP contribution < -0.4 is 14.8 Å². The molecule has 0 amide bonds. The molecule has 3 heterocycles. The van der Waals surface area contributed by atoms with Gasteiger partial charge in [0.05, 0.1) is 0 Å². The van der Waals surface area contributed by atoms with E-state index in [-0.39, 0.29) is 0 Å². The monoisotopic (exact) mass is 261 g/mol. The number of nitrogens with one attached hydrogen (secondary N) is 1. The molecule has 3 aliphatic rings. The van der Waals surface area contributed by atoms with Gasteiger partial charge in [0.15, 0.2) is 11.5 Å². The summed E-state index contributed by atoms with van der Waals surface area (Å²) >= 11 is 0. The summed E-state index contributed by atoms with van der Waals surface area (Å²) in [6.07, 6.45) is 3.36. The van der Waals surface area contributed by atoms with Gasteiger partial charge < -0.3 is 19.5 Å². The standard InChI is InChI=1S/C15H19NO3/c1-4-16-15(10-2-5-17-6-3-10)12-8-14-13(7-11(1)12)18-9-19-14/h7-8,10,15-16H,1-6,9H2. The highest BCUT2D eigenvalue weighted by molar-refractivity contribution is 5.50. The van der Waals surface area contributed by atoms with E-state index in [0.717, 1.165) is 50.5 Å². The molecule has 4 nitrogen and oxygen atoms in total. The summed E-state index contributed by atoms with van der Waals surface area (Å²) in [4.78, 5) is 0. The largest absolute Gasteiger partial charge is 0.454 e. The zero-order valence-electron chi connectivity index (χ0n) is 11.0. The van der Waals surface area contributed by atoms with E-state index >= 15 is 0 Å². The Kier molecular flexibility index (Phi) is 2.85. The molecule has 1 aromatic rings. The van der Waals surface area contributed by atoms with Crippen LogP contribution in [0.5, 0.6) is 11.5 Å². The predicted molar refractivity (Wildman–Crippen MR) is 70.6 cm³/mol. The molecule has 1 unspecified atom stereocenters. The molecule has 0 spiro atoms. The maximum atomic E-state index is 5.53. The fourth-order valence-corrected chi connectivity index (χ4v) is 3.45. The molecule has 0 bridgehead atoms. The first-order valence-electron chi connectivity index (χ1n) is 7.15. The fraction of sp³-hybridized carbons (Fsp3) is 0.600. The molecule has 3 aliphatic heterocycles. The molecule has 102 valence electrons. The van der Waals surface area contributed by atoms with Crippen molar-refractivity contribution in [2.75, 3.05) is 26.6 Å². The maximum absolute atomic E-state index is 5.53. The van der Waals surface area contributed by atoms with Crippen LogP contribution in [0.2, 0.25) is 0 Å². The van der Waals surface area contributed by atoms with Gasteiger partial charge >= 0.3 is 0 Å². The van der Waals surface area contributed by atoms with Crippen LogP contribution in [-0.4, -0.2) is 26.6 Å². The van der Waals surface area contributed by atoms with Gasteiger partial charge in [0, 0.05) is 19.3 Å². The molecule has 19 heavy (non-hydrogen) atoms. The summed E-state index contributed by atoms with van der Waals surface area (Å²) in [5.74, 6) is 2.49. The number of rotatable bonds is 1. The van der Waals surface area contributed by atoms with E-state index in [9.17, 15) is 0 Å². The van der Waals surface area contributed by atoms with Crippen LogP contribution in [0, 0.1) is 5.92 Å². The van der Waals surface area contributed by atoms with Gasteiger partial charge in [-0.1, -0.05) is 0 Å². The lowest BCUT2D eigenvalue weighted by Crippen LogP contribution is -2.37. The van der Waals surface area contributed by atoms with Crippen LogP contribution >= 0.6 is 0 Å². The number of ether oxygens (including phenoxy) is 3. The lowest BCUT2D eigenvalue weighted by atomic mass is 9.82. The van der Waals surface area contributed by atoms with E-state index in [0.29, 0.717) is 18.8 Å². The van der Waals surface area contributed by atoms with Crippen molar-refractivity contribution in [1.29, 1.82) is 0 Å². The Balaban J connectivity index is 1.69. The first-order chi connectivity index (χ1) is 9.42. The highest BCUT2D eigenvalue weighted by Crippen LogP contribution is 2.41. The fourth-order valence-electron chi connectivity index (χ4n) is 3.45. The number of fused-ring (bicyclic) bond motifs is 2. The minimum atomic E-state index is 0.355. The van der Waals surface area contributed by atoms with Gasteiger partial charge in [0.2, 0.25) is 6.79 Å². The Morgan fingerprint density at radius 3 is 2.68 bits per heavy atom. The van der Waals surface area contributed by atoms with Crippen LogP contribution in [-0.2, 0) is 11.2 Å². The quantitative estimate of drug-likeness (QED) is 0.839. The van der Waals surface area contributed by atoms with Crippen molar-refractivity contribution in [3.63, 3.8) is 0 Å². The van der Waals surface area contributed by atoms with Crippen molar-refractivity contribution in [2.24, 2.45) is 5.92 Å². The van der Waals surface area contributed by atoms with E-state index in [1.54, 1.807) is 0 Å². The molecular weight excluding hydrogens is 242 g/mol. The lowest BCUT2D eigenvalue weighted by Gasteiger charge is -2.35. The van der Waals surface area contributed by atoms with Gasteiger partial charge in [0.25, 0.3) is 0 Å². The van der Waals surface area contributed by atoms with E-state index in [1.165, 1.54) is 11.1 Å². The molecular formula is C15H19NO3. The van der Waals surface area contributed by atoms with Crippen molar-refractivity contribution < 1.29 is 14.2 Å². The average molecular weight is 261 g/mol. The zero-order chi connectivity index (χ0) is 12.7. The molecule has 1 N–H and O–H groups in total. The Labute approximate surface area is 113 Å². The summed E-state index contributed by atoms with van der Waals surface area (Å²) in [5.41, 5.74) is 2.82. The van der Waals surface area contributed by atoms with Gasteiger partial charge in [0.1, 0.15) is 0 Å². The second-order valence-corrected chi connectivity index (χ2v) is 5.54. The number of hydrogen-bond donors (Lipinski definition) is 1. The number of hydrogen-bond acceptors (Lipinski definition) is 4. The predicted octanol–water partition coefficient (Wildman–Crippen LogP) is 2.03. The van der Waals surface area contributed by atoms with Crippen molar-refractivity contribution in [3.05, 3.63) is 23.3 Å². The molecule has 4 rings (SSSR count). The van der Waals surface area contributed by atoms with Crippen LogP contribution in [0.1, 0.15) is 30.0 Å². The molecule has 1 fully saturated rings. The molecule has 0 aliphatic carbocycles. The van der Waals surface area contributed by atoms with Gasteiger partial charge in [-0.3, -0.25) is 0 Å². The summed E-state index contributed by atoms with van der Waals surface area (Å²) in [7, 11) is 0. The van der Waals surface area contributed by atoms with Crippen LogP contribution in [0.3, 0.4) is 0 Å². The Bertz CT molecular complexity index is 483. The van der Waals surface area contributed by atoms with E-state index in [4.69, 9.17) is 14.2 Å². The third-order valence-electron chi connectivity index (χ3n) is 4.47. The summed E-state index contributed by atoms with van der Waals surface area (Å²) in [6, 6.07) is 4.80. The zero-order valence-corrected chi connectivity index (χ0v) is 11.0. The van der Waals surface area contributed by atoms with Crippen molar-refractivity contribution in [3.8, 4) is 11.5 Å². The Morgan fingerprint density at radius 1 is 1.05 bits per heavy atom. The van der Waals surface area contributed by atoms with Crippen molar-refractivity contribution in [2.45, 2.75) is 25.3 Å². The number of benzene rings is 1. The van der Waals surface area contributed by atoms with Gasteiger partial charge in [-0.25, -0.2) is 0 Å². The highest BCUT2D eigenvalue weighted by atomic mass is 16.7. The lowest BCUT2D eigenvalue weighted by molar-refractivity contribution is 0.0527. The topological polar surface area (TPSA) is 39.7 Å². The molecule has 1 aromatic carbocycles. The first kappa shape index (κ1) is 11.6. The summed E-state index contributed by atoms with van der Waals surface area (Å²) in [6.45, 7) is 3.19. The van der Waals surface area contributed by atoms with E-state index in [2.05, 4.69) is 17.4 Å². The summed E-state index contributed by atoms with van der Waals surface area (Å²) in [5, 5.41) is 3.68. The van der Waals surface area contributed by atoms with Crippen LogP contribution in [0.4, 0.5) is 0 Å². The normalized spacial score (nSPS) is 26.2. The SMILES string of the molecule is c1c2c(cc3c1OCO3)C(C1CCOCC1)NCC2. The Morgan fingerprint density at radius 2 is 1.84 bits per heavy atom. The summed E-state index contributed by atoms with van der Waals surface area (Å²) < 4.78 is 16.5. The maximum Gasteiger partial charge on any atom is 0.231 e. The Hall–Kier alpha value is -1.26. The van der Waals surface area contributed by atoms with Crippen molar-refractivity contribution >= 4 is 0 Å². The third-order valence-corrected chi connectivity index (χ3v) is 4.47. The van der Waals surface area contributed by atoms with E-state index < -0.39 is 0 Å².